The van der Waals surface area contributed by atoms with Crippen LogP contribution in [0.2, 0.25) is 0 Å². The van der Waals surface area contributed by atoms with E-state index in [-0.39, 0.29) is 0 Å². The maximum Gasteiger partial charge on any atom is 0.0672 e. The molecule has 2 rings (SSSR count). The summed E-state index contributed by atoms with van der Waals surface area (Å²) >= 11 is 0. The van der Waals surface area contributed by atoms with Gasteiger partial charge >= 0.3 is 0 Å². The van der Waals surface area contributed by atoms with E-state index in [0.717, 1.165) is 6.42 Å². The van der Waals surface area contributed by atoms with Gasteiger partial charge in [0.05, 0.1) is 12.0 Å². The Bertz CT molecular complexity index is 252. The molecule has 2 unspecified atom stereocenters. The zero-order chi connectivity index (χ0) is 10.2. The quantitative estimate of drug-likeness (QED) is 0.638. The normalized spacial score (nSPS) is 37.2. The molecule has 2 aliphatic rings. The highest BCUT2D eigenvalue weighted by molar-refractivity contribution is 5.02. The highest BCUT2D eigenvalue weighted by Crippen LogP contribution is 2.38. The minimum atomic E-state index is 0.298. The van der Waals surface area contributed by atoms with Gasteiger partial charge in [-0.25, -0.2) is 0 Å². The summed E-state index contributed by atoms with van der Waals surface area (Å²) < 4.78 is 0. The molecule has 1 saturated carbocycles. The molecule has 0 aromatic rings. The predicted molar refractivity (Wildman–Crippen MR) is 56.8 cm³/mol. The van der Waals surface area contributed by atoms with Gasteiger partial charge in [0.1, 0.15) is 0 Å². The fraction of sp³-hybridized carbons (Fsp3) is 0.917. The maximum absolute atomic E-state index is 9.09. The number of hydrogen-bond donors (Lipinski definition) is 0. The molecule has 14 heavy (non-hydrogen) atoms. The second-order valence-electron chi connectivity index (χ2n) is 5.34. The smallest absolute Gasteiger partial charge is 0.0672 e. The molecule has 0 N–H and O–H groups in total. The van der Waals surface area contributed by atoms with Crippen molar-refractivity contribution in [2.45, 2.75) is 57.5 Å². The van der Waals surface area contributed by atoms with Crippen LogP contribution >= 0.6 is 0 Å². The number of nitriles is 1. The molecule has 0 aromatic heterocycles. The van der Waals surface area contributed by atoms with Crippen molar-refractivity contribution in [1.82, 2.24) is 4.90 Å². The second-order valence-corrected chi connectivity index (χ2v) is 5.34. The van der Waals surface area contributed by atoms with Crippen LogP contribution in [0.4, 0.5) is 0 Å². The average Bonchev–Trinajstić information content (AvgIpc) is 2.69. The first-order valence-electron chi connectivity index (χ1n) is 5.81. The van der Waals surface area contributed by atoms with E-state index in [2.05, 4.69) is 24.8 Å². The topological polar surface area (TPSA) is 27.0 Å². The SMILES string of the molecule is CC1(C)CCCN1C1CCCC1C#N. The van der Waals surface area contributed by atoms with Crippen LogP contribution in [0.5, 0.6) is 0 Å². The molecule has 0 aromatic carbocycles. The van der Waals surface area contributed by atoms with E-state index in [9.17, 15) is 0 Å². The van der Waals surface area contributed by atoms with Crippen molar-refractivity contribution in [2.75, 3.05) is 6.54 Å². The highest BCUT2D eigenvalue weighted by Gasteiger charge is 2.41. The number of rotatable bonds is 1. The number of nitrogens with zero attached hydrogens (tertiary/aromatic N) is 2. The molecule has 2 atom stereocenters. The lowest BCUT2D eigenvalue weighted by Crippen LogP contribution is -2.46. The Morgan fingerprint density at radius 3 is 2.64 bits per heavy atom. The van der Waals surface area contributed by atoms with E-state index in [0.29, 0.717) is 17.5 Å². The zero-order valence-corrected chi connectivity index (χ0v) is 9.29. The molecule has 0 amide bonds. The molecule has 1 saturated heterocycles. The van der Waals surface area contributed by atoms with E-state index in [1.807, 2.05) is 0 Å². The van der Waals surface area contributed by atoms with Crippen molar-refractivity contribution in [1.29, 1.82) is 5.26 Å². The van der Waals surface area contributed by atoms with Gasteiger partial charge in [-0.15, -0.1) is 0 Å². The van der Waals surface area contributed by atoms with Crippen molar-refractivity contribution >= 4 is 0 Å². The van der Waals surface area contributed by atoms with E-state index in [1.54, 1.807) is 0 Å². The summed E-state index contributed by atoms with van der Waals surface area (Å²) in [5.74, 6) is 0.298. The first-order valence-corrected chi connectivity index (χ1v) is 5.81. The van der Waals surface area contributed by atoms with Gasteiger partial charge in [0.25, 0.3) is 0 Å². The molecule has 0 bridgehead atoms. The van der Waals surface area contributed by atoms with Crippen LogP contribution in [0, 0.1) is 17.2 Å². The van der Waals surface area contributed by atoms with Gasteiger partial charge in [-0.05, 0) is 46.1 Å². The molecule has 1 aliphatic heterocycles. The van der Waals surface area contributed by atoms with Gasteiger partial charge in [0.2, 0.25) is 0 Å². The summed E-state index contributed by atoms with van der Waals surface area (Å²) in [6, 6.07) is 3.04. The molecule has 0 spiro atoms. The van der Waals surface area contributed by atoms with Gasteiger partial charge in [-0.3, -0.25) is 4.90 Å². The van der Waals surface area contributed by atoms with E-state index >= 15 is 0 Å². The Kier molecular flexibility index (Phi) is 2.53. The summed E-state index contributed by atoms with van der Waals surface area (Å²) in [5.41, 5.74) is 0.337. The fourth-order valence-electron chi connectivity index (χ4n) is 3.21. The number of likely N-dealkylation sites (tertiary alicyclic amines) is 1. The summed E-state index contributed by atoms with van der Waals surface area (Å²) in [6.07, 6.45) is 6.20. The van der Waals surface area contributed by atoms with Crippen molar-refractivity contribution in [3.05, 3.63) is 0 Å². The van der Waals surface area contributed by atoms with E-state index in [4.69, 9.17) is 5.26 Å². The highest BCUT2D eigenvalue weighted by atomic mass is 15.2. The Morgan fingerprint density at radius 2 is 2.07 bits per heavy atom. The van der Waals surface area contributed by atoms with Crippen molar-refractivity contribution in [2.24, 2.45) is 5.92 Å². The van der Waals surface area contributed by atoms with Crippen LogP contribution in [-0.4, -0.2) is 23.0 Å². The lowest BCUT2D eigenvalue weighted by Gasteiger charge is -2.37. The molecule has 0 radical (unpaired) electrons. The Balaban J connectivity index is 2.11. The molecule has 2 nitrogen and oxygen atoms in total. The van der Waals surface area contributed by atoms with E-state index < -0.39 is 0 Å². The largest absolute Gasteiger partial charge is 0.294 e. The second kappa shape index (κ2) is 3.55. The lowest BCUT2D eigenvalue weighted by atomic mass is 9.96. The molecule has 1 heterocycles. The summed E-state index contributed by atoms with van der Waals surface area (Å²) in [5, 5.41) is 9.09. The molecular formula is C12H20N2. The number of hydrogen-bond acceptors (Lipinski definition) is 2. The van der Waals surface area contributed by atoms with Crippen LogP contribution in [0.15, 0.2) is 0 Å². The molecule has 78 valence electrons. The third-order valence-corrected chi connectivity index (χ3v) is 4.01. The van der Waals surface area contributed by atoms with Gasteiger partial charge in [-0.1, -0.05) is 6.42 Å². The Labute approximate surface area is 86.9 Å². The zero-order valence-electron chi connectivity index (χ0n) is 9.29. The van der Waals surface area contributed by atoms with Crippen molar-refractivity contribution < 1.29 is 0 Å². The van der Waals surface area contributed by atoms with Gasteiger partial charge < -0.3 is 0 Å². The predicted octanol–water partition coefficient (Wildman–Crippen LogP) is 2.55. The van der Waals surface area contributed by atoms with Crippen LogP contribution in [-0.2, 0) is 0 Å². The maximum atomic E-state index is 9.09. The van der Waals surface area contributed by atoms with E-state index in [1.165, 1.54) is 32.2 Å². The Morgan fingerprint density at radius 1 is 1.29 bits per heavy atom. The molecule has 2 fully saturated rings. The molecular weight excluding hydrogens is 172 g/mol. The summed E-state index contributed by atoms with van der Waals surface area (Å²) in [4.78, 5) is 2.59. The van der Waals surface area contributed by atoms with Gasteiger partial charge in [0.15, 0.2) is 0 Å². The third kappa shape index (κ3) is 1.54. The van der Waals surface area contributed by atoms with Crippen molar-refractivity contribution in [3.63, 3.8) is 0 Å². The molecule has 1 aliphatic carbocycles. The minimum Gasteiger partial charge on any atom is -0.294 e. The lowest BCUT2D eigenvalue weighted by molar-refractivity contribution is 0.103. The summed E-state index contributed by atoms with van der Waals surface area (Å²) in [7, 11) is 0. The fourth-order valence-corrected chi connectivity index (χ4v) is 3.21. The average molecular weight is 192 g/mol. The Hall–Kier alpha value is -0.550. The minimum absolute atomic E-state index is 0.298. The van der Waals surface area contributed by atoms with Crippen LogP contribution in [0.1, 0.15) is 46.0 Å². The van der Waals surface area contributed by atoms with Crippen molar-refractivity contribution in [3.8, 4) is 6.07 Å². The van der Waals surface area contributed by atoms with Crippen LogP contribution < -0.4 is 0 Å². The first-order chi connectivity index (χ1) is 6.65. The first kappa shape index (κ1) is 9.98. The van der Waals surface area contributed by atoms with Gasteiger partial charge in [0, 0.05) is 11.6 Å². The standard InChI is InChI=1S/C12H20N2/c1-12(2)7-4-8-14(12)11-6-3-5-10(11)9-13/h10-11H,3-8H2,1-2H3. The van der Waals surface area contributed by atoms with Crippen LogP contribution in [0.3, 0.4) is 0 Å². The third-order valence-electron chi connectivity index (χ3n) is 4.01. The monoisotopic (exact) mass is 192 g/mol. The molecule has 2 heteroatoms. The summed E-state index contributed by atoms with van der Waals surface area (Å²) in [6.45, 7) is 5.86. The van der Waals surface area contributed by atoms with Gasteiger partial charge in [-0.2, -0.15) is 5.26 Å². The van der Waals surface area contributed by atoms with Crippen LogP contribution in [0.25, 0.3) is 0 Å².